The lowest BCUT2D eigenvalue weighted by Crippen LogP contribution is -2.58. The number of nitrogens with one attached hydrogen (secondary N) is 2. The number of pyridine rings is 1. The van der Waals surface area contributed by atoms with Gasteiger partial charge in [0.05, 0.1) is 89.4 Å². The summed E-state index contributed by atoms with van der Waals surface area (Å²) < 4.78 is 78.8. The summed E-state index contributed by atoms with van der Waals surface area (Å²) in [5, 5.41) is 25.0. The number of nitriles is 1. The predicted molar refractivity (Wildman–Crippen MR) is 262 cm³/mol. The van der Waals surface area contributed by atoms with Crippen molar-refractivity contribution in [3.63, 3.8) is 0 Å². The number of carbonyl (C=O) groups is 4. The molecule has 2 fully saturated rings. The fourth-order valence-electron chi connectivity index (χ4n) is 7.96. The van der Waals surface area contributed by atoms with Gasteiger partial charge in [0.15, 0.2) is 10.9 Å². The fraction of sp³-hybridized carbons (Fsp3) is 0.458. The Morgan fingerprint density at radius 2 is 1.67 bits per heavy atom. The third kappa shape index (κ3) is 12.8. The normalized spacial score (nSPS) is 17.3. The number of ether oxygens (including phenoxy) is 4. The van der Waals surface area contributed by atoms with Crippen molar-refractivity contribution in [2.75, 3.05) is 62.6 Å². The van der Waals surface area contributed by atoms with Crippen LogP contribution in [0, 0.1) is 29.5 Å². The Hall–Kier alpha value is -5.87. The number of likely N-dealkylation sites (tertiary alicyclic amines) is 1. The van der Waals surface area contributed by atoms with Crippen molar-refractivity contribution >= 4 is 75.3 Å². The van der Waals surface area contributed by atoms with Crippen molar-refractivity contribution in [1.82, 2.24) is 25.5 Å². The van der Waals surface area contributed by atoms with Crippen molar-refractivity contribution in [1.29, 1.82) is 5.26 Å². The molecule has 0 aliphatic carbocycles. The number of aryl methyl sites for hydroxylation is 1. The summed E-state index contributed by atoms with van der Waals surface area (Å²) in [5.74, 6) is -4.08. The first-order valence-electron chi connectivity index (χ1n) is 22.5. The highest BCUT2D eigenvalue weighted by Gasteiger charge is 2.53. The molecule has 0 radical (unpaired) electrons. The smallest absolute Gasteiger partial charge is 0.420 e. The molecule has 2 aromatic carbocycles. The first-order chi connectivity index (χ1) is 33.9. The van der Waals surface area contributed by atoms with Crippen molar-refractivity contribution in [2.45, 2.75) is 84.4 Å². The molecule has 2 saturated heterocycles. The van der Waals surface area contributed by atoms with Crippen LogP contribution in [0.3, 0.4) is 0 Å². The zero-order valence-corrected chi connectivity index (χ0v) is 42.5. The van der Waals surface area contributed by atoms with E-state index in [1.54, 1.807) is 37.6 Å². The molecule has 4 amide bonds. The zero-order valence-electron chi connectivity index (χ0n) is 40.1. The predicted octanol–water partition coefficient (Wildman–Crippen LogP) is 6.35. The van der Waals surface area contributed by atoms with E-state index in [0.29, 0.717) is 4.90 Å². The van der Waals surface area contributed by atoms with Gasteiger partial charge in [-0.1, -0.05) is 56.6 Å². The molecule has 4 heterocycles. The summed E-state index contributed by atoms with van der Waals surface area (Å²) in [4.78, 5) is 66.6. The average molecular weight is 1060 g/mol. The van der Waals surface area contributed by atoms with Crippen LogP contribution in [0.4, 0.5) is 28.9 Å². The number of hydrogen-bond acceptors (Lipinski definition) is 14. The molecule has 6 rings (SSSR count). The first-order valence-corrected chi connectivity index (χ1v) is 24.2. The number of anilines is 2. The molecular weight excluding hydrogens is 1010 g/mol. The van der Waals surface area contributed by atoms with Gasteiger partial charge in [0.2, 0.25) is 23.6 Å². The van der Waals surface area contributed by atoms with Gasteiger partial charge in [-0.3, -0.25) is 24.1 Å². The molecule has 72 heavy (non-hydrogen) atoms. The van der Waals surface area contributed by atoms with Crippen LogP contribution in [0.15, 0.2) is 54.2 Å². The van der Waals surface area contributed by atoms with E-state index in [0.717, 1.165) is 33.8 Å². The summed E-state index contributed by atoms with van der Waals surface area (Å²) in [6, 6.07) is 10.1. The van der Waals surface area contributed by atoms with Gasteiger partial charge in [0, 0.05) is 25.6 Å². The molecule has 2 aliphatic rings. The number of nitrogens with zero attached hydrogens (tertiary/aromatic N) is 6. The Morgan fingerprint density at radius 1 is 1.01 bits per heavy atom. The molecule has 2 aromatic heterocycles. The molecule has 24 heteroatoms. The average Bonchev–Trinajstić information content (AvgIpc) is 3.98. The van der Waals surface area contributed by atoms with Crippen molar-refractivity contribution in [2.24, 2.45) is 5.41 Å². The Balaban J connectivity index is 0.886. The number of alkyl halides is 3. The SMILES string of the molecule is Cc1ncsc1-c1ccc(CNC(=O)[C@@H]2C[C@@H](O)CN2C(=O)[C@@H](NC(=O)COCCOCCOCCOc2cc(Cl)c(N3C(=S)N(c4ccc(C#N)c(C(F)(F)F)c4F)C(=O)C3(C)C)cn2)C(C)(C)C)cc1. The number of thiazole rings is 1. The van der Waals surface area contributed by atoms with E-state index in [1.165, 1.54) is 42.0 Å². The van der Waals surface area contributed by atoms with Crippen LogP contribution in [0.25, 0.3) is 10.4 Å². The molecule has 0 bridgehead atoms. The van der Waals surface area contributed by atoms with Gasteiger partial charge >= 0.3 is 6.18 Å². The number of halogens is 5. The quantitative estimate of drug-likeness (QED) is 0.0501. The number of amides is 4. The highest BCUT2D eigenvalue weighted by molar-refractivity contribution is 7.81. The fourth-order valence-corrected chi connectivity index (χ4v) is 9.51. The highest BCUT2D eigenvalue weighted by Crippen LogP contribution is 2.43. The van der Waals surface area contributed by atoms with E-state index >= 15 is 4.39 Å². The van der Waals surface area contributed by atoms with Gasteiger partial charge in [-0.25, -0.2) is 14.4 Å². The molecule has 4 aromatic rings. The summed E-state index contributed by atoms with van der Waals surface area (Å²) in [6.07, 6.45) is -4.85. The first kappa shape index (κ1) is 55.4. The van der Waals surface area contributed by atoms with Crippen LogP contribution in [-0.2, 0) is 46.1 Å². The van der Waals surface area contributed by atoms with Crippen molar-refractivity contribution < 1.29 is 60.8 Å². The number of rotatable bonds is 20. The summed E-state index contributed by atoms with van der Waals surface area (Å²) in [6.45, 7) is 10.6. The Kier molecular flexibility index (Phi) is 18.0. The van der Waals surface area contributed by atoms with Crippen molar-refractivity contribution in [3.8, 4) is 22.4 Å². The molecule has 3 atom stereocenters. The van der Waals surface area contributed by atoms with Gasteiger partial charge in [-0.05, 0) is 61.7 Å². The van der Waals surface area contributed by atoms with E-state index in [1.807, 2.05) is 31.2 Å². The second-order valence-electron chi connectivity index (χ2n) is 18.3. The van der Waals surface area contributed by atoms with Crippen LogP contribution < -0.4 is 25.2 Å². The maximum absolute atomic E-state index is 15.4. The van der Waals surface area contributed by atoms with Gasteiger partial charge in [-0.15, -0.1) is 11.3 Å². The molecule has 17 nitrogen and oxygen atoms in total. The molecule has 386 valence electrons. The Morgan fingerprint density at radius 3 is 2.26 bits per heavy atom. The summed E-state index contributed by atoms with van der Waals surface area (Å²) in [7, 11) is 0. The third-order valence-corrected chi connectivity index (χ3v) is 13.3. The Bertz CT molecular complexity index is 2700. The van der Waals surface area contributed by atoms with Crippen LogP contribution in [-0.4, -0.2) is 125 Å². The number of hydrogen-bond donors (Lipinski definition) is 3. The second kappa shape index (κ2) is 23.3. The number of aromatic nitrogens is 2. The summed E-state index contributed by atoms with van der Waals surface area (Å²) in [5.41, 5.74) is -1.17. The second-order valence-corrected chi connectivity index (χ2v) is 19.9. The van der Waals surface area contributed by atoms with E-state index in [2.05, 4.69) is 20.6 Å². The van der Waals surface area contributed by atoms with Crippen molar-refractivity contribution in [3.05, 3.63) is 87.4 Å². The largest absolute Gasteiger partial charge is 0.475 e. The lowest BCUT2D eigenvalue weighted by molar-refractivity contribution is -0.144. The van der Waals surface area contributed by atoms with Gasteiger partial charge < -0.3 is 44.5 Å². The maximum Gasteiger partial charge on any atom is 0.420 e. The third-order valence-electron chi connectivity index (χ3n) is 11.7. The topological polar surface area (TPSA) is 209 Å². The minimum Gasteiger partial charge on any atom is -0.475 e. The van der Waals surface area contributed by atoms with Gasteiger partial charge in [0.25, 0.3) is 5.91 Å². The molecule has 3 N–H and O–H groups in total. The van der Waals surface area contributed by atoms with Gasteiger partial charge in [0.1, 0.15) is 36.4 Å². The number of aliphatic hydroxyl groups excluding tert-OH is 1. The van der Waals surface area contributed by atoms with E-state index in [9.17, 15) is 37.5 Å². The van der Waals surface area contributed by atoms with Crippen LogP contribution in [0.5, 0.6) is 5.88 Å². The van der Waals surface area contributed by atoms with Gasteiger partial charge in [-0.2, -0.15) is 18.4 Å². The minimum atomic E-state index is -5.23. The number of benzene rings is 2. The van der Waals surface area contributed by atoms with Crippen LogP contribution in [0.1, 0.15) is 63.4 Å². The molecule has 0 spiro atoms. The number of aliphatic hydroxyl groups is 1. The lowest BCUT2D eigenvalue weighted by Gasteiger charge is -2.35. The highest BCUT2D eigenvalue weighted by atomic mass is 35.5. The number of carbonyl (C=O) groups excluding carboxylic acids is 4. The van der Waals surface area contributed by atoms with E-state index < -0.39 is 81.6 Å². The monoisotopic (exact) mass is 1060 g/mol. The molecule has 0 unspecified atom stereocenters. The van der Waals surface area contributed by atoms with E-state index in [-0.39, 0.29) is 87.5 Å². The number of thiocarbonyl (C=S) groups is 1. The van der Waals surface area contributed by atoms with Crippen LogP contribution >= 0.6 is 35.2 Å². The van der Waals surface area contributed by atoms with E-state index in [4.69, 9.17) is 48.0 Å². The maximum atomic E-state index is 15.4. The summed E-state index contributed by atoms with van der Waals surface area (Å²) >= 11 is 13.6. The molecule has 0 saturated carbocycles. The minimum absolute atomic E-state index is 0.00732. The van der Waals surface area contributed by atoms with Crippen LogP contribution in [0.2, 0.25) is 5.02 Å². The lowest BCUT2D eigenvalue weighted by atomic mass is 9.85. The molecule has 2 aliphatic heterocycles. The number of β-amino-alcohol motifs (C(OH)–C–C–N with tert-alkyl or cyclic N) is 1. The zero-order chi connectivity index (χ0) is 52.7. The standard InChI is InChI=1S/C48H53ClF4N8O9S2/c1-27-40(72-26-57-27)29-9-7-28(8-10-29)22-56-42(64)34-19-31(62)24-59(34)43(65)41(46(2,3)4)58-36(63)25-69-16-15-67-13-14-68-17-18-70-37-20-32(49)35(23-55-37)61-45(71)60(44(66)47(61,5)6)33-12-11-30(21-54)38(39(33)50)48(51,52)53/h7-12,20,23,26,31,34,41,62H,13-19,22,24-25H2,1-6H3,(H,56,64)(H,58,63)/t31-,34+,41-/m1/s1. The Labute approximate surface area is 427 Å². The molecular formula is C48H53ClF4N8O9S2.